The Bertz CT molecular complexity index is 1600. The Morgan fingerprint density at radius 1 is 0.373 bits per heavy atom. The van der Waals surface area contributed by atoms with Gasteiger partial charge in [0.25, 0.3) is 0 Å². The fourth-order valence-electron chi connectivity index (χ4n) is 4.36. The normalized spacial score (nSPS) is 17.7. The second-order valence-corrected chi connectivity index (χ2v) is 16.8. The smallest absolute Gasteiger partial charge is 0.460 e. The molecule has 0 aliphatic rings. The first-order valence-corrected chi connectivity index (χ1v) is 17.6. The van der Waals surface area contributed by atoms with E-state index in [4.69, 9.17) is 5.11 Å². The van der Waals surface area contributed by atoms with Crippen LogP contribution in [0, 0.1) is 5.41 Å². The summed E-state index contributed by atoms with van der Waals surface area (Å²) in [6.45, 7) is 0.613. The summed E-state index contributed by atoms with van der Waals surface area (Å²) in [6.07, 6.45) is -27.3. The summed E-state index contributed by atoms with van der Waals surface area (Å²) >= 11 is -3.12. The highest BCUT2D eigenvalue weighted by Gasteiger charge is 2.97. The second-order valence-electron chi connectivity index (χ2n) is 14.0. The standard InChI is InChI=1S/C27H18F36O2S2/c1-11(2,4-3-9(64)65)10(66-7(28)5-12(30,31)14(34,35)16(38,39)18(42,43)20(46,47)22(50,51)24(54,55)26(58,59)60)67-8(29)6-13(32,33)15(36,37)17(40,41)19(44,45)21(48,49)23(52,53)25(56,57)27(61,62)63/h7-8,10H,3-6H2,1-2H3,(H,64,65). The molecule has 0 heterocycles. The van der Waals surface area contributed by atoms with Crippen molar-refractivity contribution < 1.29 is 168 Å². The van der Waals surface area contributed by atoms with Crippen LogP contribution in [-0.4, -0.2) is 122 Å². The Balaban J connectivity index is 7.16. The van der Waals surface area contributed by atoms with Crippen LogP contribution in [0.1, 0.15) is 39.5 Å². The predicted molar refractivity (Wildman–Crippen MR) is 150 cm³/mol. The number of carboxylic acids is 1. The van der Waals surface area contributed by atoms with E-state index in [9.17, 15) is 163 Å². The maximum atomic E-state index is 14.9. The topological polar surface area (TPSA) is 37.3 Å². The molecule has 2 atom stereocenters. The summed E-state index contributed by atoms with van der Waals surface area (Å²) in [4.78, 5) is 10.9. The Morgan fingerprint density at radius 3 is 0.761 bits per heavy atom. The minimum absolute atomic E-state index is 0.306. The van der Waals surface area contributed by atoms with Crippen LogP contribution in [0.25, 0.3) is 0 Å². The van der Waals surface area contributed by atoms with Crippen LogP contribution < -0.4 is 0 Å². The van der Waals surface area contributed by atoms with Crippen LogP contribution >= 0.6 is 23.5 Å². The van der Waals surface area contributed by atoms with E-state index in [1.165, 1.54) is 0 Å². The molecule has 0 fully saturated rings. The highest BCUT2D eigenvalue weighted by Crippen LogP contribution is 2.67. The third-order valence-corrected chi connectivity index (χ3v) is 11.9. The summed E-state index contributed by atoms with van der Waals surface area (Å²) in [5, 5.41) is 8.79. The zero-order valence-electron chi connectivity index (χ0n) is 30.8. The molecule has 0 aromatic rings. The molecular weight excluding hydrogens is 1100 g/mol. The van der Waals surface area contributed by atoms with Gasteiger partial charge in [-0.2, -0.15) is 149 Å². The molecule has 67 heavy (non-hydrogen) atoms. The van der Waals surface area contributed by atoms with E-state index in [1.54, 1.807) is 0 Å². The number of aliphatic carboxylic acids is 1. The summed E-state index contributed by atoms with van der Waals surface area (Å²) < 4.78 is 488. The van der Waals surface area contributed by atoms with E-state index in [2.05, 4.69) is 0 Å². The molecule has 0 bridgehead atoms. The minimum atomic E-state index is -9.21. The Labute approximate surface area is 353 Å². The molecule has 0 aromatic heterocycles. The molecule has 2 nitrogen and oxygen atoms in total. The zero-order valence-corrected chi connectivity index (χ0v) is 32.5. The molecule has 0 aromatic carbocycles. The summed E-state index contributed by atoms with van der Waals surface area (Å²) in [7, 11) is 0. The lowest BCUT2D eigenvalue weighted by atomic mass is 9.88. The minimum Gasteiger partial charge on any atom is -0.481 e. The number of rotatable bonds is 24. The van der Waals surface area contributed by atoms with Gasteiger partial charge in [0, 0.05) is 6.42 Å². The van der Waals surface area contributed by atoms with Gasteiger partial charge in [-0.15, -0.1) is 23.5 Å². The van der Waals surface area contributed by atoms with Crippen molar-refractivity contribution in [2.45, 2.75) is 150 Å². The first-order valence-electron chi connectivity index (χ1n) is 15.8. The number of alkyl halides is 36. The fourth-order valence-corrected chi connectivity index (χ4v) is 7.46. The van der Waals surface area contributed by atoms with Gasteiger partial charge in [0.1, 0.15) is 0 Å². The SMILES string of the molecule is CC(C)(CCC(=O)O)C(SC(F)CC(F)(F)C(F)(F)C(F)(F)C(F)(F)C(F)(F)C(F)(F)C(F)(F)C(F)(F)F)SC(F)CC(F)(F)C(F)(F)C(F)(F)C(F)(F)C(F)(F)C(F)(F)C(F)(F)C(F)(F)F. The van der Waals surface area contributed by atoms with Crippen molar-refractivity contribution in [1.82, 2.24) is 0 Å². The Kier molecular flexibility index (Phi) is 17.4. The van der Waals surface area contributed by atoms with E-state index in [0.717, 1.165) is 0 Å². The van der Waals surface area contributed by atoms with Gasteiger partial charge in [-0.1, -0.05) is 13.8 Å². The monoisotopic (exact) mass is 1120 g/mol. The number of carboxylic acid groups (broad SMARTS) is 1. The third-order valence-electron chi connectivity index (χ3n) is 8.57. The van der Waals surface area contributed by atoms with Crippen LogP contribution in [-0.2, 0) is 4.79 Å². The van der Waals surface area contributed by atoms with E-state index >= 15 is 0 Å². The molecule has 2 unspecified atom stereocenters. The fraction of sp³-hybridized carbons (Fsp3) is 0.963. The maximum Gasteiger partial charge on any atom is 0.460 e. The molecule has 1 N–H and O–H groups in total. The van der Waals surface area contributed by atoms with E-state index < -0.39 is 171 Å². The van der Waals surface area contributed by atoms with Crippen LogP contribution in [0.5, 0.6) is 0 Å². The van der Waals surface area contributed by atoms with Crippen molar-refractivity contribution in [3.05, 3.63) is 0 Å². The Morgan fingerprint density at radius 2 is 0.567 bits per heavy atom. The molecule has 0 rings (SSSR count). The molecule has 40 heteroatoms. The molecule has 0 amide bonds. The summed E-state index contributed by atoms with van der Waals surface area (Å²) in [6, 6.07) is 0. The largest absolute Gasteiger partial charge is 0.481 e. The van der Waals surface area contributed by atoms with Crippen LogP contribution in [0.15, 0.2) is 0 Å². The van der Waals surface area contributed by atoms with Crippen molar-refractivity contribution in [3.63, 3.8) is 0 Å². The predicted octanol–water partition coefficient (Wildman–Crippen LogP) is 15.1. The number of hydrogen-bond acceptors (Lipinski definition) is 3. The van der Waals surface area contributed by atoms with E-state index in [0.29, 0.717) is 13.8 Å². The maximum absolute atomic E-state index is 14.9. The zero-order chi connectivity index (χ0) is 55.1. The first-order chi connectivity index (χ1) is 28.5. The molecule has 0 spiro atoms. The molecular formula is C27H18F36O2S2. The lowest BCUT2D eigenvalue weighted by Gasteiger charge is -2.43. The average Bonchev–Trinajstić information content (AvgIpc) is 3.07. The van der Waals surface area contributed by atoms with Crippen molar-refractivity contribution in [1.29, 1.82) is 0 Å². The summed E-state index contributed by atoms with van der Waals surface area (Å²) in [5.41, 5.74) is -11.8. The van der Waals surface area contributed by atoms with E-state index in [1.807, 2.05) is 0 Å². The van der Waals surface area contributed by atoms with E-state index in [-0.39, 0.29) is 0 Å². The van der Waals surface area contributed by atoms with Crippen molar-refractivity contribution in [2.75, 3.05) is 0 Å². The lowest BCUT2D eigenvalue weighted by Crippen LogP contribution is -2.74. The van der Waals surface area contributed by atoms with Gasteiger partial charge in [-0.25, -0.2) is 8.78 Å². The van der Waals surface area contributed by atoms with Gasteiger partial charge >= 0.3 is 101 Å². The highest BCUT2D eigenvalue weighted by molar-refractivity contribution is 8.17. The average molecular weight is 1120 g/mol. The first kappa shape index (κ1) is 64.7. The van der Waals surface area contributed by atoms with Gasteiger partial charge in [0.15, 0.2) is 11.0 Å². The second kappa shape index (κ2) is 18.0. The van der Waals surface area contributed by atoms with Gasteiger partial charge in [-0.3, -0.25) is 4.79 Å². The van der Waals surface area contributed by atoms with Crippen LogP contribution in [0.4, 0.5) is 158 Å². The van der Waals surface area contributed by atoms with Gasteiger partial charge in [-0.05, 0) is 11.8 Å². The number of halogens is 36. The number of carbonyl (C=O) groups is 1. The van der Waals surface area contributed by atoms with Crippen LogP contribution in [0.2, 0.25) is 0 Å². The van der Waals surface area contributed by atoms with Crippen molar-refractivity contribution in [2.24, 2.45) is 5.41 Å². The molecule has 0 saturated heterocycles. The van der Waals surface area contributed by atoms with Gasteiger partial charge < -0.3 is 5.11 Å². The number of hydrogen-bond donors (Lipinski definition) is 1. The number of thioether (sulfide) groups is 2. The lowest BCUT2D eigenvalue weighted by molar-refractivity contribution is -0.461. The van der Waals surface area contributed by atoms with Crippen molar-refractivity contribution >= 4 is 29.5 Å². The van der Waals surface area contributed by atoms with Crippen LogP contribution in [0.3, 0.4) is 0 Å². The molecule has 0 aliphatic heterocycles. The van der Waals surface area contributed by atoms with Gasteiger partial charge in [0.05, 0.1) is 17.4 Å². The summed E-state index contributed by atoms with van der Waals surface area (Å²) in [5.74, 6) is -125. The molecule has 402 valence electrons. The van der Waals surface area contributed by atoms with Gasteiger partial charge in [0.2, 0.25) is 0 Å². The Hall–Kier alpha value is -2.35. The molecule has 0 radical (unpaired) electrons. The van der Waals surface area contributed by atoms with Crippen molar-refractivity contribution in [3.8, 4) is 0 Å². The quantitative estimate of drug-likeness (QED) is 0.0772. The molecule has 0 aliphatic carbocycles. The third kappa shape index (κ3) is 10.2. The molecule has 0 saturated carbocycles. The highest BCUT2D eigenvalue weighted by atomic mass is 32.2.